The lowest BCUT2D eigenvalue weighted by Gasteiger charge is -2.19. The molecule has 1 amide bonds. The Morgan fingerprint density at radius 3 is 2.71 bits per heavy atom. The van der Waals surface area contributed by atoms with E-state index in [1.54, 1.807) is 0 Å². The number of nitrogen functional groups attached to an aromatic ring is 1. The maximum Gasteiger partial charge on any atom is 0.260 e. The second kappa shape index (κ2) is 4.88. The number of carbonyl (C=O) groups excluding carboxylic acids is 1. The average Bonchev–Trinajstić information content (AvgIpc) is 2.81. The van der Waals surface area contributed by atoms with E-state index >= 15 is 0 Å². The molecule has 0 bridgehead atoms. The Kier molecular flexibility index (Phi) is 3.16. The van der Waals surface area contributed by atoms with Crippen molar-refractivity contribution in [2.24, 2.45) is 0 Å². The van der Waals surface area contributed by atoms with Gasteiger partial charge in [0.1, 0.15) is 0 Å². The number of rotatable bonds is 1. The van der Waals surface area contributed by atoms with Crippen LogP contribution >= 0.6 is 0 Å². The first kappa shape index (κ1) is 13.6. The van der Waals surface area contributed by atoms with Crippen molar-refractivity contribution in [1.29, 1.82) is 0 Å². The molecule has 2 heterocycles. The highest BCUT2D eigenvalue weighted by Crippen LogP contribution is 2.33. The summed E-state index contributed by atoms with van der Waals surface area (Å²) in [6.45, 7) is 6.50. The van der Waals surface area contributed by atoms with Crippen LogP contribution < -0.4 is 10.6 Å². The Morgan fingerprint density at radius 1 is 1.24 bits per heavy atom. The van der Waals surface area contributed by atoms with Crippen LogP contribution in [0.2, 0.25) is 0 Å². The van der Waals surface area contributed by atoms with E-state index in [0.717, 1.165) is 34.7 Å². The van der Waals surface area contributed by atoms with Crippen molar-refractivity contribution in [3.05, 3.63) is 52.3 Å². The van der Waals surface area contributed by atoms with Gasteiger partial charge in [-0.15, -0.1) is 0 Å². The molecule has 4 nitrogen and oxygen atoms in total. The standard InChI is InChI=1S/C17H19N3O/c1-10-8-13-6-7-20(16(13)9-15(10)18)17(21)14-5-4-11(2)19-12(14)3/h4-5,8-9H,6-7,18H2,1-3H3. The molecule has 4 heteroatoms. The molecule has 0 unspecified atom stereocenters. The zero-order valence-corrected chi connectivity index (χ0v) is 12.6. The summed E-state index contributed by atoms with van der Waals surface area (Å²) in [6, 6.07) is 7.72. The molecule has 1 aliphatic heterocycles. The van der Waals surface area contributed by atoms with Gasteiger partial charge in [-0.3, -0.25) is 9.78 Å². The van der Waals surface area contributed by atoms with Gasteiger partial charge in [-0.2, -0.15) is 0 Å². The topological polar surface area (TPSA) is 59.2 Å². The minimum Gasteiger partial charge on any atom is -0.398 e. The summed E-state index contributed by atoms with van der Waals surface area (Å²) in [6.07, 6.45) is 0.876. The van der Waals surface area contributed by atoms with Crippen LogP contribution in [-0.4, -0.2) is 17.4 Å². The van der Waals surface area contributed by atoms with Gasteiger partial charge in [0.25, 0.3) is 5.91 Å². The molecular formula is C17H19N3O. The zero-order valence-electron chi connectivity index (χ0n) is 12.6. The molecule has 2 N–H and O–H groups in total. The number of nitrogens with zero attached hydrogens (tertiary/aromatic N) is 2. The summed E-state index contributed by atoms with van der Waals surface area (Å²) < 4.78 is 0. The molecule has 0 saturated carbocycles. The maximum atomic E-state index is 12.8. The van der Waals surface area contributed by atoms with E-state index in [1.165, 1.54) is 5.56 Å². The molecule has 0 radical (unpaired) electrons. The SMILES string of the molecule is Cc1ccc(C(=O)N2CCc3cc(C)c(N)cc32)c(C)n1. The summed E-state index contributed by atoms with van der Waals surface area (Å²) in [5, 5.41) is 0. The highest BCUT2D eigenvalue weighted by Gasteiger charge is 2.27. The Morgan fingerprint density at radius 2 is 2.00 bits per heavy atom. The Hall–Kier alpha value is -2.36. The molecule has 0 fully saturated rings. The second-order valence-electron chi connectivity index (χ2n) is 5.63. The number of amides is 1. The van der Waals surface area contributed by atoms with Gasteiger partial charge >= 0.3 is 0 Å². The molecule has 108 valence electrons. The van der Waals surface area contributed by atoms with Gasteiger partial charge < -0.3 is 10.6 Å². The summed E-state index contributed by atoms with van der Waals surface area (Å²) in [4.78, 5) is 19.0. The van der Waals surface area contributed by atoms with Crippen molar-refractivity contribution < 1.29 is 4.79 Å². The molecule has 0 aliphatic carbocycles. The summed E-state index contributed by atoms with van der Waals surface area (Å²) >= 11 is 0. The number of hydrogen-bond donors (Lipinski definition) is 1. The number of fused-ring (bicyclic) bond motifs is 1. The van der Waals surface area contributed by atoms with Crippen LogP contribution in [0.1, 0.15) is 32.9 Å². The van der Waals surface area contributed by atoms with Crippen molar-refractivity contribution in [2.75, 3.05) is 17.2 Å². The molecule has 21 heavy (non-hydrogen) atoms. The van der Waals surface area contributed by atoms with Crippen molar-refractivity contribution in [1.82, 2.24) is 4.98 Å². The zero-order chi connectivity index (χ0) is 15.1. The largest absolute Gasteiger partial charge is 0.398 e. The Labute approximate surface area is 124 Å². The lowest BCUT2D eigenvalue weighted by molar-refractivity contribution is 0.0988. The van der Waals surface area contributed by atoms with Gasteiger partial charge in [-0.05, 0) is 56.5 Å². The second-order valence-corrected chi connectivity index (χ2v) is 5.63. The van der Waals surface area contributed by atoms with Crippen LogP contribution in [0, 0.1) is 20.8 Å². The van der Waals surface area contributed by atoms with Crippen LogP contribution in [0.3, 0.4) is 0 Å². The lowest BCUT2D eigenvalue weighted by Crippen LogP contribution is -2.29. The molecular weight excluding hydrogens is 262 g/mol. The normalized spacial score (nSPS) is 13.4. The van der Waals surface area contributed by atoms with Crippen molar-refractivity contribution in [3.8, 4) is 0 Å². The van der Waals surface area contributed by atoms with Gasteiger partial charge in [0.15, 0.2) is 0 Å². The summed E-state index contributed by atoms with van der Waals surface area (Å²) in [5.41, 5.74) is 12.3. The molecule has 0 atom stereocenters. The number of aryl methyl sites for hydroxylation is 3. The predicted molar refractivity (Wildman–Crippen MR) is 84.7 cm³/mol. The van der Waals surface area contributed by atoms with E-state index in [9.17, 15) is 4.79 Å². The van der Waals surface area contributed by atoms with E-state index in [4.69, 9.17) is 5.73 Å². The van der Waals surface area contributed by atoms with Crippen LogP contribution in [0.5, 0.6) is 0 Å². The maximum absolute atomic E-state index is 12.8. The lowest BCUT2D eigenvalue weighted by atomic mass is 10.1. The van der Waals surface area contributed by atoms with Gasteiger partial charge in [-0.1, -0.05) is 6.07 Å². The van der Waals surface area contributed by atoms with Gasteiger partial charge in [0.2, 0.25) is 0 Å². The molecule has 1 aromatic carbocycles. The van der Waals surface area contributed by atoms with E-state index in [2.05, 4.69) is 11.1 Å². The molecule has 1 aliphatic rings. The van der Waals surface area contributed by atoms with E-state index < -0.39 is 0 Å². The number of hydrogen-bond acceptors (Lipinski definition) is 3. The molecule has 2 aromatic rings. The number of aromatic nitrogens is 1. The molecule has 3 rings (SSSR count). The first-order valence-corrected chi connectivity index (χ1v) is 7.12. The fourth-order valence-electron chi connectivity index (χ4n) is 2.85. The third-order valence-corrected chi connectivity index (χ3v) is 4.06. The van der Waals surface area contributed by atoms with E-state index in [-0.39, 0.29) is 5.91 Å². The van der Waals surface area contributed by atoms with Crippen molar-refractivity contribution in [2.45, 2.75) is 27.2 Å². The third kappa shape index (κ3) is 2.27. The minimum absolute atomic E-state index is 0.00185. The van der Waals surface area contributed by atoms with Gasteiger partial charge in [0.05, 0.1) is 11.3 Å². The smallest absolute Gasteiger partial charge is 0.260 e. The van der Waals surface area contributed by atoms with Crippen molar-refractivity contribution in [3.63, 3.8) is 0 Å². The minimum atomic E-state index is 0.00185. The van der Waals surface area contributed by atoms with Gasteiger partial charge in [0, 0.05) is 23.6 Å². The Bertz CT molecular complexity index is 737. The quantitative estimate of drug-likeness (QED) is 0.818. The molecule has 0 spiro atoms. The van der Waals surface area contributed by atoms with E-state index in [1.807, 2.05) is 43.9 Å². The molecule has 0 saturated heterocycles. The van der Waals surface area contributed by atoms with E-state index in [0.29, 0.717) is 12.1 Å². The number of carbonyl (C=O) groups is 1. The summed E-state index contributed by atoms with van der Waals surface area (Å²) in [5.74, 6) is 0.00185. The average molecular weight is 281 g/mol. The Balaban J connectivity index is 2.00. The number of pyridine rings is 1. The first-order chi connectivity index (χ1) is 9.97. The van der Waals surface area contributed by atoms with Crippen LogP contribution in [0.4, 0.5) is 11.4 Å². The van der Waals surface area contributed by atoms with Crippen LogP contribution in [-0.2, 0) is 6.42 Å². The van der Waals surface area contributed by atoms with Gasteiger partial charge in [-0.25, -0.2) is 0 Å². The van der Waals surface area contributed by atoms with Crippen LogP contribution in [0.15, 0.2) is 24.3 Å². The van der Waals surface area contributed by atoms with Crippen molar-refractivity contribution >= 4 is 17.3 Å². The fraction of sp³-hybridized carbons (Fsp3) is 0.294. The third-order valence-electron chi connectivity index (χ3n) is 4.06. The number of benzene rings is 1. The predicted octanol–water partition coefficient (Wildman–Crippen LogP) is 2.79. The number of anilines is 2. The first-order valence-electron chi connectivity index (χ1n) is 7.12. The highest BCUT2D eigenvalue weighted by atomic mass is 16.2. The number of nitrogens with two attached hydrogens (primary N) is 1. The summed E-state index contributed by atoms with van der Waals surface area (Å²) in [7, 11) is 0. The van der Waals surface area contributed by atoms with Crippen LogP contribution in [0.25, 0.3) is 0 Å². The monoisotopic (exact) mass is 281 g/mol. The highest BCUT2D eigenvalue weighted by molar-refractivity contribution is 6.08. The molecule has 1 aromatic heterocycles. The fourth-order valence-corrected chi connectivity index (χ4v) is 2.85.